The Morgan fingerprint density at radius 1 is 1.08 bits per heavy atom. The molecule has 3 aromatic rings. The van der Waals surface area contributed by atoms with Gasteiger partial charge in [-0.25, -0.2) is 4.98 Å². The normalized spacial score (nSPS) is 10.5. The number of amides is 1. The number of thiazole rings is 1. The molecule has 1 amide bonds. The maximum atomic E-state index is 12.1. The van der Waals surface area contributed by atoms with E-state index in [0.29, 0.717) is 6.54 Å². The lowest BCUT2D eigenvalue weighted by molar-refractivity contribution is -0.115. The Balaban J connectivity index is 1.51. The molecule has 4 nitrogen and oxygen atoms in total. The van der Waals surface area contributed by atoms with Gasteiger partial charge >= 0.3 is 0 Å². The van der Waals surface area contributed by atoms with Crippen LogP contribution >= 0.6 is 27.3 Å². The molecule has 0 atom stereocenters. The molecule has 128 valence electrons. The molecule has 0 bridgehead atoms. The zero-order valence-corrected chi connectivity index (χ0v) is 16.2. The fourth-order valence-corrected chi connectivity index (χ4v) is 3.31. The molecule has 0 radical (unpaired) electrons. The third-order valence-corrected chi connectivity index (χ3v) is 4.99. The third kappa shape index (κ3) is 5.41. The number of anilines is 2. The Morgan fingerprint density at radius 2 is 1.76 bits per heavy atom. The highest BCUT2D eigenvalue weighted by molar-refractivity contribution is 9.10. The maximum absolute atomic E-state index is 12.1. The first-order valence-electron chi connectivity index (χ1n) is 7.88. The third-order valence-electron chi connectivity index (χ3n) is 3.56. The van der Waals surface area contributed by atoms with E-state index in [1.807, 2.05) is 60.8 Å². The fraction of sp³-hybridized carbons (Fsp3) is 0.158. The van der Waals surface area contributed by atoms with E-state index >= 15 is 0 Å². The number of hydrogen-bond donors (Lipinski definition) is 2. The molecule has 0 aliphatic heterocycles. The van der Waals surface area contributed by atoms with Crippen LogP contribution in [-0.4, -0.2) is 10.9 Å². The van der Waals surface area contributed by atoms with Gasteiger partial charge in [0.1, 0.15) is 5.01 Å². The highest BCUT2D eigenvalue weighted by atomic mass is 79.9. The summed E-state index contributed by atoms with van der Waals surface area (Å²) in [6.07, 6.45) is 0.289. The SMILES string of the molecule is Cc1ccc(NC(=O)Cc2nc(CNc3ccc(Br)cc3)cs2)cc1. The van der Waals surface area contributed by atoms with Gasteiger partial charge in [-0.05, 0) is 43.3 Å². The van der Waals surface area contributed by atoms with E-state index in [1.54, 1.807) is 0 Å². The van der Waals surface area contributed by atoms with Crippen LogP contribution in [-0.2, 0) is 17.8 Å². The molecule has 0 aliphatic rings. The molecule has 3 rings (SSSR count). The summed E-state index contributed by atoms with van der Waals surface area (Å²) in [6, 6.07) is 15.8. The van der Waals surface area contributed by atoms with Crippen LogP contribution in [0.1, 0.15) is 16.3 Å². The van der Waals surface area contributed by atoms with Crippen LogP contribution in [0.5, 0.6) is 0 Å². The van der Waals surface area contributed by atoms with Crippen LogP contribution in [0.25, 0.3) is 0 Å². The lowest BCUT2D eigenvalue weighted by Gasteiger charge is -2.05. The van der Waals surface area contributed by atoms with Crippen LogP contribution in [0.2, 0.25) is 0 Å². The Bertz CT molecular complexity index is 844. The average molecular weight is 416 g/mol. The molecular formula is C19H18BrN3OS. The maximum Gasteiger partial charge on any atom is 0.231 e. The average Bonchev–Trinajstić information content (AvgIpc) is 3.04. The van der Waals surface area contributed by atoms with Gasteiger partial charge in [-0.15, -0.1) is 11.3 Å². The van der Waals surface area contributed by atoms with Crippen LogP contribution in [0.15, 0.2) is 58.4 Å². The van der Waals surface area contributed by atoms with Crippen molar-refractivity contribution in [3.05, 3.63) is 74.6 Å². The fourth-order valence-electron chi connectivity index (χ4n) is 2.25. The Hall–Kier alpha value is -2.18. The van der Waals surface area contributed by atoms with E-state index in [2.05, 4.69) is 31.5 Å². The number of nitrogens with one attached hydrogen (secondary N) is 2. The van der Waals surface area contributed by atoms with Gasteiger partial charge in [0, 0.05) is 21.2 Å². The lowest BCUT2D eigenvalue weighted by Crippen LogP contribution is -2.14. The molecule has 1 heterocycles. The van der Waals surface area contributed by atoms with Gasteiger partial charge in [-0.2, -0.15) is 0 Å². The Labute approximate surface area is 159 Å². The molecule has 2 N–H and O–H groups in total. The van der Waals surface area contributed by atoms with Crippen molar-refractivity contribution in [2.75, 3.05) is 10.6 Å². The van der Waals surface area contributed by atoms with Gasteiger partial charge in [0.2, 0.25) is 5.91 Å². The second kappa shape index (κ2) is 8.27. The van der Waals surface area contributed by atoms with Crippen molar-refractivity contribution < 1.29 is 4.79 Å². The van der Waals surface area contributed by atoms with Gasteiger partial charge in [0.05, 0.1) is 18.7 Å². The standard InChI is InChI=1S/C19H18BrN3OS/c1-13-2-6-16(7-3-13)22-18(24)10-19-23-17(12-25-19)11-21-15-8-4-14(20)5-9-15/h2-9,12,21H,10-11H2,1H3,(H,22,24). The molecule has 25 heavy (non-hydrogen) atoms. The van der Waals surface area contributed by atoms with Crippen molar-refractivity contribution in [1.29, 1.82) is 0 Å². The van der Waals surface area contributed by atoms with Crippen LogP contribution < -0.4 is 10.6 Å². The summed E-state index contributed by atoms with van der Waals surface area (Å²) in [6.45, 7) is 2.66. The van der Waals surface area contributed by atoms with E-state index in [1.165, 1.54) is 16.9 Å². The minimum atomic E-state index is -0.0504. The molecule has 2 aromatic carbocycles. The minimum Gasteiger partial charge on any atom is -0.379 e. The van der Waals surface area contributed by atoms with Crippen LogP contribution in [0.4, 0.5) is 11.4 Å². The van der Waals surface area contributed by atoms with Crippen molar-refractivity contribution in [2.24, 2.45) is 0 Å². The van der Waals surface area contributed by atoms with Crippen LogP contribution in [0.3, 0.4) is 0 Å². The smallest absolute Gasteiger partial charge is 0.231 e. The number of benzene rings is 2. The molecule has 0 unspecified atom stereocenters. The van der Waals surface area contributed by atoms with Crippen LogP contribution in [0, 0.1) is 6.92 Å². The lowest BCUT2D eigenvalue weighted by atomic mass is 10.2. The van der Waals surface area contributed by atoms with Gasteiger partial charge in [0.25, 0.3) is 0 Å². The topological polar surface area (TPSA) is 54.0 Å². The second-order valence-corrected chi connectivity index (χ2v) is 7.54. The molecule has 0 aliphatic carbocycles. The monoisotopic (exact) mass is 415 g/mol. The first-order valence-corrected chi connectivity index (χ1v) is 9.55. The number of carbonyl (C=O) groups excluding carboxylic acids is 1. The summed E-state index contributed by atoms with van der Waals surface area (Å²) in [7, 11) is 0. The van der Waals surface area contributed by atoms with Crippen molar-refractivity contribution in [2.45, 2.75) is 19.9 Å². The molecule has 0 saturated heterocycles. The first-order chi connectivity index (χ1) is 12.1. The van der Waals surface area contributed by atoms with Gasteiger partial charge in [-0.3, -0.25) is 4.79 Å². The van der Waals surface area contributed by atoms with Gasteiger partial charge < -0.3 is 10.6 Å². The molecule has 0 spiro atoms. The summed E-state index contributed by atoms with van der Waals surface area (Å²) < 4.78 is 1.05. The largest absolute Gasteiger partial charge is 0.379 e. The van der Waals surface area contributed by atoms with Gasteiger partial charge in [0.15, 0.2) is 0 Å². The van der Waals surface area contributed by atoms with E-state index in [4.69, 9.17) is 0 Å². The van der Waals surface area contributed by atoms with E-state index in [9.17, 15) is 4.79 Å². The first kappa shape index (κ1) is 17.6. The van der Waals surface area contributed by atoms with E-state index < -0.39 is 0 Å². The highest BCUT2D eigenvalue weighted by Gasteiger charge is 2.08. The number of aromatic nitrogens is 1. The number of carbonyl (C=O) groups is 1. The molecule has 1 aromatic heterocycles. The van der Waals surface area contributed by atoms with Crippen molar-refractivity contribution in [3.63, 3.8) is 0 Å². The number of nitrogens with zero attached hydrogens (tertiary/aromatic N) is 1. The quantitative estimate of drug-likeness (QED) is 0.594. The highest BCUT2D eigenvalue weighted by Crippen LogP contribution is 2.17. The molecule has 0 fully saturated rings. The molecule has 0 saturated carbocycles. The zero-order valence-electron chi connectivity index (χ0n) is 13.8. The van der Waals surface area contributed by atoms with Crippen molar-refractivity contribution in [3.8, 4) is 0 Å². The summed E-state index contributed by atoms with van der Waals surface area (Å²) in [5, 5.41) is 9.02. The Morgan fingerprint density at radius 3 is 2.48 bits per heavy atom. The summed E-state index contributed by atoms with van der Waals surface area (Å²) >= 11 is 4.93. The molecular weight excluding hydrogens is 398 g/mol. The predicted octanol–water partition coefficient (Wildman–Crippen LogP) is 5.01. The number of rotatable bonds is 6. The Kier molecular flexibility index (Phi) is 5.83. The van der Waals surface area contributed by atoms with E-state index in [0.717, 1.165) is 26.5 Å². The molecule has 6 heteroatoms. The van der Waals surface area contributed by atoms with Crippen molar-refractivity contribution in [1.82, 2.24) is 4.98 Å². The number of aryl methyl sites for hydroxylation is 1. The number of hydrogen-bond acceptors (Lipinski definition) is 4. The zero-order chi connectivity index (χ0) is 17.6. The van der Waals surface area contributed by atoms with Crippen molar-refractivity contribution >= 4 is 44.5 Å². The minimum absolute atomic E-state index is 0.0504. The second-order valence-electron chi connectivity index (χ2n) is 5.68. The summed E-state index contributed by atoms with van der Waals surface area (Å²) in [5.74, 6) is -0.0504. The number of halogens is 1. The predicted molar refractivity (Wildman–Crippen MR) is 107 cm³/mol. The summed E-state index contributed by atoms with van der Waals surface area (Å²) in [4.78, 5) is 16.6. The van der Waals surface area contributed by atoms with Gasteiger partial charge in [-0.1, -0.05) is 33.6 Å². The summed E-state index contributed by atoms with van der Waals surface area (Å²) in [5.41, 5.74) is 3.95. The van der Waals surface area contributed by atoms with E-state index in [-0.39, 0.29) is 12.3 Å².